The average Bonchev–Trinajstić information content (AvgIpc) is 3.26. The first kappa shape index (κ1) is 20.8. The molecule has 0 heterocycles. The summed E-state index contributed by atoms with van der Waals surface area (Å²) in [5, 5.41) is 6.42. The summed E-state index contributed by atoms with van der Waals surface area (Å²) in [6.07, 6.45) is 4.92. The molecule has 3 rings (SSSR count). The molecule has 2 amide bonds. The van der Waals surface area contributed by atoms with Crippen molar-refractivity contribution in [1.82, 2.24) is 21.5 Å². The van der Waals surface area contributed by atoms with Crippen LogP contribution in [0.1, 0.15) is 41.6 Å². The summed E-state index contributed by atoms with van der Waals surface area (Å²) in [5.41, 5.74) is 6.84. The quantitative estimate of drug-likeness (QED) is 0.434. The van der Waals surface area contributed by atoms with E-state index in [0.29, 0.717) is 23.1 Å². The van der Waals surface area contributed by atoms with Gasteiger partial charge in [0.05, 0.1) is 0 Å². The lowest BCUT2D eigenvalue weighted by Crippen LogP contribution is -2.55. The number of hydrogen-bond donors (Lipinski definition) is 4. The minimum absolute atomic E-state index is 0.298. The number of hydrazine groups is 1. The van der Waals surface area contributed by atoms with Crippen LogP contribution in [0.25, 0.3) is 0 Å². The molecule has 2 aromatic rings. The number of rotatable bonds is 6. The first-order chi connectivity index (χ1) is 14.1. The van der Waals surface area contributed by atoms with Gasteiger partial charge in [-0.1, -0.05) is 61.4 Å². The molecule has 0 saturated heterocycles. The van der Waals surface area contributed by atoms with Crippen molar-refractivity contribution in [2.24, 2.45) is 0 Å². The molecule has 0 radical (unpaired) electrons. The second kappa shape index (κ2) is 10.6. The molecule has 0 spiro atoms. The SMILES string of the molecule is O=C(N[C@H](Cc1ccccc1)C(=O)NNC(=S)NC1CCCC1)c1ccccc1. The molecule has 29 heavy (non-hydrogen) atoms. The standard InChI is InChI=1S/C22H26N4O2S/c27-20(17-11-5-2-6-12-17)24-19(15-16-9-3-1-4-10-16)21(28)25-26-22(29)23-18-13-7-8-14-18/h1-6,9-12,18-19H,7-8,13-15H2,(H,24,27)(H,25,28)(H2,23,26,29)/t19-/m1/s1. The first-order valence-electron chi connectivity index (χ1n) is 9.88. The van der Waals surface area contributed by atoms with Crippen molar-refractivity contribution in [2.45, 2.75) is 44.2 Å². The van der Waals surface area contributed by atoms with Crippen LogP contribution < -0.4 is 21.5 Å². The molecule has 6 nitrogen and oxygen atoms in total. The van der Waals surface area contributed by atoms with E-state index >= 15 is 0 Å². The fourth-order valence-corrected chi connectivity index (χ4v) is 3.60. The lowest BCUT2D eigenvalue weighted by atomic mass is 10.0. The van der Waals surface area contributed by atoms with Crippen molar-refractivity contribution in [3.8, 4) is 0 Å². The van der Waals surface area contributed by atoms with Crippen LogP contribution in [-0.4, -0.2) is 29.0 Å². The van der Waals surface area contributed by atoms with Crippen molar-refractivity contribution in [3.05, 3.63) is 71.8 Å². The largest absolute Gasteiger partial charge is 0.359 e. The molecular formula is C22H26N4O2S. The van der Waals surface area contributed by atoms with Gasteiger partial charge in [-0.3, -0.25) is 20.4 Å². The van der Waals surface area contributed by atoms with Gasteiger partial charge in [0.1, 0.15) is 6.04 Å². The predicted molar refractivity (Wildman–Crippen MR) is 117 cm³/mol. The van der Waals surface area contributed by atoms with Crippen LogP contribution in [-0.2, 0) is 11.2 Å². The van der Waals surface area contributed by atoms with Gasteiger partial charge in [-0.05, 0) is 42.8 Å². The number of benzene rings is 2. The molecule has 152 valence electrons. The number of hydrogen-bond acceptors (Lipinski definition) is 3. The molecule has 4 N–H and O–H groups in total. The van der Waals surface area contributed by atoms with Crippen molar-refractivity contribution < 1.29 is 9.59 Å². The maximum atomic E-state index is 12.8. The summed E-state index contributed by atoms with van der Waals surface area (Å²) < 4.78 is 0. The average molecular weight is 411 g/mol. The van der Waals surface area contributed by atoms with Crippen molar-refractivity contribution in [1.29, 1.82) is 0 Å². The molecular weight excluding hydrogens is 384 g/mol. The van der Waals surface area contributed by atoms with Crippen LogP contribution in [0.3, 0.4) is 0 Å². The van der Waals surface area contributed by atoms with Crippen LogP contribution in [0, 0.1) is 0 Å². The Morgan fingerprint density at radius 3 is 2.21 bits per heavy atom. The van der Waals surface area contributed by atoms with Gasteiger partial charge in [0, 0.05) is 18.0 Å². The monoisotopic (exact) mass is 410 g/mol. The molecule has 1 fully saturated rings. The smallest absolute Gasteiger partial charge is 0.261 e. The summed E-state index contributed by atoms with van der Waals surface area (Å²) in [4.78, 5) is 25.3. The molecule has 0 bridgehead atoms. The molecule has 2 aromatic carbocycles. The van der Waals surface area contributed by atoms with Crippen LogP contribution in [0.2, 0.25) is 0 Å². The summed E-state index contributed by atoms with van der Waals surface area (Å²) in [6.45, 7) is 0. The molecule has 0 aromatic heterocycles. The third-order valence-electron chi connectivity index (χ3n) is 4.93. The van der Waals surface area contributed by atoms with E-state index in [1.165, 1.54) is 12.8 Å². The topological polar surface area (TPSA) is 82.3 Å². The minimum atomic E-state index is -0.744. The van der Waals surface area contributed by atoms with E-state index in [2.05, 4.69) is 21.5 Å². The highest BCUT2D eigenvalue weighted by Crippen LogP contribution is 2.17. The Morgan fingerprint density at radius 1 is 0.931 bits per heavy atom. The Balaban J connectivity index is 1.60. The van der Waals surface area contributed by atoms with Crippen LogP contribution in [0.5, 0.6) is 0 Å². The maximum absolute atomic E-state index is 12.8. The van der Waals surface area contributed by atoms with Gasteiger partial charge in [0.2, 0.25) is 0 Å². The zero-order valence-electron chi connectivity index (χ0n) is 16.2. The first-order valence-corrected chi connectivity index (χ1v) is 10.3. The molecule has 0 unspecified atom stereocenters. The second-order valence-electron chi connectivity index (χ2n) is 7.15. The molecule has 7 heteroatoms. The highest BCUT2D eigenvalue weighted by Gasteiger charge is 2.22. The van der Waals surface area contributed by atoms with Gasteiger partial charge in [-0.2, -0.15) is 0 Å². The lowest BCUT2D eigenvalue weighted by molar-refractivity contribution is -0.123. The zero-order valence-corrected chi connectivity index (χ0v) is 17.0. The fourth-order valence-electron chi connectivity index (χ4n) is 3.39. The van der Waals surface area contributed by atoms with Crippen LogP contribution in [0.4, 0.5) is 0 Å². The van der Waals surface area contributed by atoms with Crippen molar-refractivity contribution in [2.75, 3.05) is 0 Å². The fraction of sp³-hybridized carbons (Fsp3) is 0.318. The molecule has 1 saturated carbocycles. The van der Waals surface area contributed by atoms with Crippen molar-refractivity contribution >= 4 is 29.1 Å². The Hall–Kier alpha value is -2.93. The van der Waals surface area contributed by atoms with Crippen molar-refractivity contribution in [3.63, 3.8) is 0 Å². The number of nitrogens with one attached hydrogen (secondary N) is 4. The van der Waals surface area contributed by atoms with Crippen LogP contribution >= 0.6 is 12.2 Å². The van der Waals surface area contributed by atoms with Gasteiger partial charge < -0.3 is 10.6 Å². The van der Waals surface area contributed by atoms with Gasteiger partial charge in [0.25, 0.3) is 11.8 Å². The molecule has 1 aliphatic carbocycles. The second-order valence-corrected chi connectivity index (χ2v) is 7.56. The number of thiocarbonyl (C=S) groups is 1. The predicted octanol–water partition coefficient (Wildman–Crippen LogP) is 2.47. The van der Waals surface area contributed by atoms with E-state index in [1.807, 2.05) is 36.4 Å². The molecule has 1 aliphatic rings. The number of carbonyl (C=O) groups excluding carboxylic acids is 2. The molecule has 1 atom stereocenters. The Labute approximate surface area is 176 Å². The van der Waals surface area contributed by atoms with E-state index in [-0.39, 0.29) is 11.8 Å². The summed E-state index contributed by atoms with van der Waals surface area (Å²) in [6, 6.07) is 18.0. The van der Waals surface area contributed by atoms with Gasteiger partial charge in [0.15, 0.2) is 5.11 Å². The van der Waals surface area contributed by atoms with Crippen LogP contribution in [0.15, 0.2) is 60.7 Å². The van der Waals surface area contributed by atoms with Gasteiger partial charge in [-0.25, -0.2) is 0 Å². The number of amides is 2. The minimum Gasteiger partial charge on any atom is -0.359 e. The van der Waals surface area contributed by atoms with Gasteiger partial charge >= 0.3 is 0 Å². The third-order valence-corrected chi connectivity index (χ3v) is 5.15. The number of carbonyl (C=O) groups is 2. The van der Waals surface area contributed by atoms with E-state index in [0.717, 1.165) is 18.4 Å². The summed E-state index contributed by atoms with van der Waals surface area (Å²) in [7, 11) is 0. The summed E-state index contributed by atoms with van der Waals surface area (Å²) >= 11 is 5.27. The third kappa shape index (κ3) is 6.57. The highest BCUT2D eigenvalue weighted by molar-refractivity contribution is 7.80. The Bertz CT molecular complexity index is 823. The normalized spacial score (nSPS) is 14.6. The van der Waals surface area contributed by atoms with E-state index in [4.69, 9.17) is 12.2 Å². The Kier molecular flexibility index (Phi) is 7.58. The van der Waals surface area contributed by atoms with E-state index in [1.54, 1.807) is 24.3 Å². The Morgan fingerprint density at radius 2 is 1.55 bits per heavy atom. The zero-order chi connectivity index (χ0) is 20.5. The molecule has 0 aliphatic heterocycles. The van der Waals surface area contributed by atoms with Gasteiger partial charge in [-0.15, -0.1) is 0 Å². The maximum Gasteiger partial charge on any atom is 0.261 e. The lowest BCUT2D eigenvalue weighted by Gasteiger charge is -2.21. The highest BCUT2D eigenvalue weighted by atomic mass is 32.1. The summed E-state index contributed by atoms with van der Waals surface area (Å²) in [5.74, 6) is -0.651. The van der Waals surface area contributed by atoms with E-state index in [9.17, 15) is 9.59 Å². The van der Waals surface area contributed by atoms with E-state index < -0.39 is 6.04 Å².